The highest BCUT2D eigenvalue weighted by Crippen LogP contribution is 2.20. The number of anilines is 1. The monoisotopic (exact) mass is 332 g/mol. The van der Waals surface area contributed by atoms with Gasteiger partial charge in [0.15, 0.2) is 6.10 Å². The van der Waals surface area contributed by atoms with Gasteiger partial charge >= 0.3 is 5.97 Å². The molecule has 0 aliphatic rings. The first-order valence-corrected chi connectivity index (χ1v) is 7.05. The van der Waals surface area contributed by atoms with Crippen LogP contribution < -0.4 is 5.32 Å². The molecule has 0 saturated carbocycles. The topological polar surface area (TPSA) is 92.3 Å². The summed E-state index contributed by atoms with van der Waals surface area (Å²) in [7, 11) is 0. The first-order valence-electron chi connectivity index (χ1n) is 6.68. The number of nitriles is 1. The van der Waals surface area contributed by atoms with Gasteiger partial charge < -0.3 is 14.5 Å². The van der Waals surface area contributed by atoms with Gasteiger partial charge in [0, 0.05) is 5.69 Å². The van der Waals surface area contributed by atoms with E-state index in [4.69, 9.17) is 26.0 Å². The van der Waals surface area contributed by atoms with Crippen LogP contribution in [0.2, 0.25) is 5.02 Å². The fraction of sp³-hybridized carbons (Fsp3) is 0.188. The van der Waals surface area contributed by atoms with Gasteiger partial charge in [0.05, 0.1) is 16.8 Å². The van der Waals surface area contributed by atoms with Crippen molar-refractivity contribution < 1.29 is 18.7 Å². The Kier molecular flexibility index (Phi) is 5.04. The van der Waals surface area contributed by atoms with E-state index in [1.165, 1.54) is 37.5 Å². The van der Waals surface area contributed by atoms with E-state index in [9.17, 15) is 9.59 Å². The maximum atomic E-state index is 12.0. The molecule has 1 N–H and O–H groups in total. The van der Waals surface area contributed by atoms with E-state index in [1.54, 1.807) is 6.92 Å². The molecule has 1 atom stereocenters. The summed E-state index contributed by atoms with van der Waals surface area (Å²) in [4.78, 5) is 24.0. The van der Waals surface area contributed by atoms with Gasteiger partial charge in [0.2, 0.25) is 0 Å². The Morgan fingerprint density at radius 1 is 1.39 bits per heavy atom. The van der Waals surface area contributed by atoms with Gasteiger partial charge in [-0.1, -0.05) is 11.6 Å². The maximum Gasteiger partial charge on any atom is 0.342 e. The Labute approximate surface area is 137 Å². The van der Waals surface area contributed by atoms with Crippen molar-refractivity contribution >= 4 is 29.2 Å². The Morgan fingerprint density at radius 3 is 2.70 bits per heavy atom. The number of halogens is 1. The first kappa shape index (κ1) is 16.6. The van der Waals surface area contributed by atoms with Gasteiger partial charge in [-0.25, -0.2) is 4.79 Å². The van der Waals surface area contributed by atoms with E-state index >= 15 is 0 Å². The molecule has 1 heterocycles. The van der Waals surface area contributed by atoms with Crippen LogP contribution in [0, 0.1) is 18.3 Å². The molecule has 0 radical (unpaired) electrons. The zero-order chi connectivity index (χ0) is 17.0. The SMILES string of the molecule is Cc1occc1C(=O)OC(C)C(=O)Nc1ccc(C#N)c(Cl)c1. The number of hydrogen-bond donors (Lipinski definition) is 1. The molecule has 0 aliphatic heterocycles. The van der Waals surface area contributed by atoms with Crippen molar-refractivity contribution in [2.75, 3.05) is 5.32 Å². The summed E-state index contributed by atoms with van der Waals surface area (Å²) in [6, 6.07) is 7.88. The van der Waals surface area contributed by atoms with Crippen LogP contribution in [0.3, 0.4) is 0 Å². The Morgan fingerprint density at radius 2 is 2.13 bits per heavy atom. The molecule has 1 aromatic carbocycles. The fourth-order valence-corrected chi connectivity index (χ4v) is 2.02. The highest BCUT2D eigenvalue weighted by molar-refractivity contribution is 6.32. The summed E-state index contributed by atoms with van der Waals surface area (Å²) >= 11 is 5.89. The quantitative estimate of drug-likeness (QED) is 0.867. The van der Waals surface area contributed by atoms with Gasteiger partial charge in [-0.2, -0.15) is 5.26 Å². The third kappa shape index (κ3) is 3.90. The highest BCUT2D eigenvalue weighted by Gasteiger charge is 2.21. The summed E-state index contributed by atoms with van der Waals surface area (Å²) in [6.45, 7) is 3.08. The number of nitrogens with zero attached hydrogens (tertiary/aromatic N) is 1. The van der Waals surface area contributed by atoms with Gasteiger partial charge in [-0.3, -0.25) is 4.79 Å². The predicted octanol–water partition coefficient (Wildman–Crippen LogP) is 3.30. The molecular formula is C16H13ClN2O4. The molecule has 118 valence electrons. The largest absolute Gasteiger partial charge is 0.469 e. The van der Waals surface area contributed by atoms with E-state index < -0.39 is 18.0 Å². The number of hydrogen-bond acceptors (Lipinski definition) is 5. The van der Waals surface area contributed by atoms with Crippen LogP contribution in [0.5, 0.6) is 0 Å². The number of furan rings is 1. The highest BCUT2D eigenvalue weighted by atomic mass is 35.5. The van der Waals surface area contributed by atoms with Crippen molar-refractivity contribution in [2.24, 2.45) is 0 Å². The normalized spacial score (nSPS) is 11.4. The van der Waals surface area contributed by atoms with E-state index in [0.29, 0.717) is 17.0 Å². The van der Waals surface area contributed by atoms with E-state index in [0.717, 1.165) is 0 Å². The predicted molar refractivity (Wildman–Crippen MR) is 83.1 cm³/mol. The van der Waals surface area contributed by atoms with Crippen LogP contribution in [-0.2, 0) is 9.53 Å². The molecule has 0 aliphatic carbocycles. The molecule has 1 aromatic heterocycles. The van der Waals surface area contributed by atoms with Crippen molar-refractivity contribution in [1.82, 2.24) is 0 Å². The number of ether oxygens (including phenoxy) is 1. The second-order valence-corrected chi connectivity index (χ2v) is 5.14. The van der Waals surface area contributed by atoms with Crippen LogP contribution in [0.15, 0.2) is 34.9 Å². The third-order valence-corrected chi connectivity index (χ3v) is 3.40. The van der Waals surface area contributed by atoms with Gasteiger partial charge in [-0.15, -0.1) is 0 Å². The Balaban J connectivity index is 2.00. The van der Waals surface area contributed by atoms with E-state index in [1.807, 2.05) is 6.07 Å². The zero-order valence-electron chi connectivity index (χ0n) is 12.4. The van der Waals surface area contributed by atoms with Crippen LogP contribution in [0.25, 0.3) is 0 Å². The van der Waals surface area contributed by atoms with Gasteiger partial charge in [-0.05, 0) is 38.1 Å². The van der Waals surface area contributed by atoms with E-state index in [-0.39, 0.29) is 10.6 Å². The van der Waals surface area contributed by atoms with Gasteiger partial charge in [0.1, 0.15) is 17.4 Å². The summed E-state index contributed by atoms with van der Waals surface area (Å²) in [5, 5.41) is 11.6. The lowest BCUT2D eigenvalue weighted by atomic mass is 10.2. The molecule has 1 unspecified atom stereocenters. The number of rotatable bonds is 4. The number of esters is 1. The minimum Gasteiger partial charge on any atom is -0.469 e. The van der Waals surface area contributed by atoms with Crippen LogP contribution in [0.1, 0.15) is 28.6 Å². The molecule has 0 saturated heterocycles. The van der Waals surface area contributed by atoms with Crippen molar-refractivity contribution in [3.05, 3.63) is 52.4 Å². The van der Waals surface area contributed by atoms with Crippen LogP contribution >= 0.6 is 11.6 Å². The lowest BCUT2D eigenvalue weighted by Crippen LogP contribution is -2.30. The average Bonchev–Trinajstić information content (AvgIpc) is 2.93. The number of aryl methyl sites for hydroxylation is 1. The van der Waals surface area contributed by atoms with Crippen LogP contribution in [0.4, 0.5) is 5.69 Å². The summed E-state index contributed by atoms with van der Waals surface area (Å²) in [5.41, 5.74) is 0.979. The van der Waals surface area contributed by atoms with Gasteiger partial charge in [0.25, 0.3) is 5.91 Å². The maximum absolute atomic E-state index is 12.0. The molecule has 0 fully saturated rings. The van der Waals surface area contributed by atoms with Crippen molar-refractivity contribution in [2.45, 2.75) is 20.0 Å². The molecule has 0 bridgehead atoms. The molecule has 23 heavy (non-hydrogen) atoms. The zero-order valence-corrected chi connectivity index (χ0v) is 13.2. The second kappa shape index (κ2) is 6.99. The molecule has 0 spiro atoms. The molecule has 2 rings (SSSR count). The van der Waals surface area contributed by atoms with Crippen molar-refractivity contribution in [3.63, 3.8) is 0 Å². The summed E-state index contributed by atoms with van der Waals surface area (Å²) in [6.07, 6.45) is 0.362. The van der Waals surface area contributed by atoms with Crippen molar-refractivity contribution in [3.8, 4) is 6.07 Å². The molecule has 7 heteroatoms. The average molecular weight is 333 g/mol. The second-order valence-electron chi connectivity index (χ2n) is 4.73. The summed E-state index contributed by atoms with van der Waals surface area (Å²) < 4.78 is 10.1. The number of carbonyl (C=O) groups excluding carboxylic acids is 2. The molecule has 2 aromatic rings. The number of amides is 1. The smallest absolute Gasteiger partial charge is 0.342 e. The molecular weight excluding hydrogens is 320 g/mol. The molecule has 6 nitrogen and oxygen atoms in total. The number of benzene rings is 1. The first-order chi connectivity index (χ1) is 10.9. The Hall–Kier alpha value is -2.78. The lowest BCUT2D eigenvalue weighted by Gasteiger charge is -2.13. The lowest BCUT2D eigenvalue weighted by molar-refractivity contribution is -0.123. The van der Waals surface area contributed by atoms with Crippen molar-refractivity contribution in [1.29, 1.82) is 5.26 Å². The molecule has 1 amide bonds. The summed E-state index contributed by atoms with van der Waals surface area (Å²) in [5.74, 6) is -0.737. The third-order valence-electron chi connectivity index (χ3n) is 3.09. The minimum absolute atomic E-state index is 0.226. The number of nitrogens with one attached hydrogen (secondary N) is 1. The fourth-order valence-electron chi connectivity index (χ4n) is 1.80. The Bertz CT molecular complexity index is 792. The van der Waals surface area contributed by atoms with Crippen LogP contribution in [-0.4, -0.2) is 18.0 Å². The standard InChI is InChI=1S/C16H13ClN2O4/c1-9-13(5-6-22-9)16(21)23-10(2)15(20)19-12-4-3-11(8-18)14(17)7-12/h3-7,10H,1-2H3,(H,19,20). The van der Waals surface area contributed by atoms with E-state index in [2.05, 4.69) is 5.32 Å². The minimum atomic E-state index is -1.01. The number of carbonyl (C=O) groups is 2.